The van der Waals surface area contributed by atoms with Gasteiger partial charge in [0.05, 0.1) is 7.11 Å². The zero-order valence-corrected chi connectivity index (χ0v) is 18.2. The van der Waals surface area contributed by atoms with Gasteiger partial charge in [-0.3, -0.25) is 9.20 Å². The summed E-state index contributed by atoms with van der Waals surface area (Å²) in [6.45, 7) is 10.8. The molecule has 1 aromatic carbocycles. The van der Waals surface area contributed by atoms with Crippen LogP contribution in [0, 0.1) is 18.3 Å². The van der Waals surface area contributed by atoms with Crippen molar-refractivity contribution in [3.05, 3.63) is 48.2 Å². The molecule has 1 N–H and O–H groups in total. The molecule has 2 heterocycles. The van der Waals surface area contributed by atoms with Gasteiger partial charge in [0.15, 0.2) is 0 Å². The smallest absolute Gasteiger partial charge is 0.225 e. The lowest BCUT2D eigenvalue weighted by Crippen LogP contribution is -2.19. The molecule has 0 radical (unpaired) electrons. The Morgan fingerprint density at radius 1 is 1.21 bits per heavy atom. The van der Waals surface area contributed by atoms with Gasteiger partial charge in [0.2, 0.25) is 5.91 Å². The Bertz CT molecular complexity index is 997. The van der Waals surface area contributed by atoms with Gasteiger partial charge < -0.3 is 10.1 Å². The minimum absolute atomic E-state index is 0.0129. The summed E-state index contributed by atoms with van der Waals surface area (Å²) >= 11 is 0. The van der Waals surface area contributed by atoms with Crippen molar-refractivity contribution in [3.63, 3.8) is 0 Å². The average Bonchev–Trinajstić information content (AvgIpc) is 2.97. The van der Waals surface area contributed by atoms with E-state index in [4.69, 9.17) is 9.72 Å². The Labute approximate surface area is 173 Å². The van der Waals surface area contributed by atoms with Crippen LogP contribution in [0.4, 0.5) is 5.82 Å². The lowest BCUT2D eigenvalue weighted by Gasteiger charge is -2.22. The number of hydrogen-bond donors (Lipinski definition) is 1. The Morgan fingerprint density at radius 3 is 2.52 bits per heavy atom. The van der Waals surface area contributed by atoms with Gasteiger partial charge in [-0.05, 0) is 66.6 Å². The molecule has 0 spiro atoms. The third-order valence-electron chi connectivity index (χ3n) is 4.90. The van der Waals surface area contributed by atoms with E-state index >= 15 is 0 Å². The molecule has 5 nitrogen and oxygen atoms in total. The lowest BCUT2D eigenvalue weighted by molar-refractivity contribution is -0.117. The van der Waals surface area contributed by atoms with Crippen molar-refractivity contribution in [2.75, 3.05) is 12.4 Å². The largest absolute Gasteiger partial charge is 0.497 e. The van der Waals surface area contributed by atoms with Gasteiger partial charge in [-0.2, -0.15) is 0 Å². The van der Waals surface area contributed by atoms with Crippen LogP contribution in [-0.4, -0.2) is 22.4 Å². The van der Waals surface area contributed by atoms with Crippen LogP contribution in [0.25, 0.3) is 16.9 Å². The summed E-state index contributed by atoms with van der Waals surface area (Å²) in [4.78, 5) is 17.6. The molecule has 154 valence electrons. The molecule has 3 rings (SSSR count). The van der Waals surface area contributed by atoms with Gasteiger partial charge in [0, 0.05) is 18.2 Å². The molecule has 0 aliphatic carbocycles. The van der Waals surface area contributed by atoms with Crippen LogP contribution in [0.3, 0.4) is 0 Å². The van der Waals surface area contributed by atoms with Crippen LogP contribution in [0.15, 0.2) is 42.6 Å². The number of ether oxygens (including phenoxy) is 1. The molecule has 29 heavy (non-hydrogen) atoms. The molecule has 0 fully saturated rings. The number of amides is 1. The summed E-state index contributed by atoms with van der Waals surface area (Å²) in [6.07, 6.45) is 3.44. The molecule has 0 saturated carbocycles. The SMILES string of the molecule is COc1ccc(-c2nc3cc(C)ccn3c2NC(=O)C[C@@H](C)CC(C)(C)C)cc1. The highest BCUT2D eigenvalue weighted by atomic mass is 16.5. The molecular weight excluding hydrogens is 362 g/mol. The fourth-order valence-corrected chi connectivity index (χ4v) is 3.83. The number of nitrogens with zero attached hydrogens (tertiary/aromatic N) is 2. The zero-order chi connectivity index (χ0) is 21.2. The van der Waals surface area contributed by atoms with Crippen molar-refractivity contribution in [1.82, 2.24) is 9.38 Å². The molecule has 0 saturated heterocycles. The number of aromatic nitrogens is 2. The first-order valence-electron chi connectivity index (χ1n) is 10.1. The third kappa shape index (κ3) is 5.17. The Morgan fingerprint density at radius 2 is 1.90 bits per heavy atom. The summed E-state index contributed by atoms with van der Waals surface area (Å²) in [5, 5.41) is 3.13. The number of aryl methyl sites for hydroxylation is 1. The molecule has 0 bridgehead atoms. The number of pyridine rings is 1. The third-order valence-corrected chi connectivity index (χ3v) is 4.90. The minimum Gasteiger partial charge on any atom is -0.497 e. The Kier molecular flexibility index (Phi) is 5.96. The van der Waals surface area contributed by atoms with E-state index in [1.54, 1.807) is 7.11 Å². The highest BCUT2D eigenvalue weighted by Crippen LogP contribution is 2.31. The number of anilines is 1. The molecule has 0 aliphatic heterocycles. The fourth-order valence-electron chi connectivity index (χ4n) is 3.83. The Balaban J connectivity index is 1.93. The van der Waals surface area contributed by atoms with Gasteiger partial charge >= 0.3 is 0 Å². The van der Waals surface area contributed by atoms with Crippen LogP contribution < -0.4 is 10.1 Å². The van der Waals surface area contributed by atoms with Gasteiger partial charge in [0.25, 0.3) is 0 Å². The first-order chi connectivity index (χ1) is 13.7. The number of carbonyl (C=O) groups excluding carboxylic acids is 1. The summed E-state index contributed by atoms with van der Waals surface area (Å²) in [7, 11) is 1.65. The van der Waals surface area contributed by atoms with E-state index in [9.17, 15) is 4.79 Å². The first kappa shape index (κ1) is 20.9. The summed E-state index contributed by atoms with van der Waals surface area (Å²) < 4.78 is 7.21. The van der Waals surface area contributed by atoms with Gasteiger partial charge in [0.1, 0.15) is 22.9 Å². The predicted octanol–water partition coefficient (Wildman–Crippen LogP) is 5.72. The number of rotatable bonds is 6. The van der Waals surface area contributed by atoms with Gasteiger partial charge in [-0.1, -0.05) is 27.7 Å². The summed E-state index contributed by atoms with van der Waals surface area (Å²) in [5.74, 6) is 1.81. The molecule has 2 aromatic heterocycles. The van der Waals surface area contributed by atoms with E-state index < -0.39 is 0 Å². The number of benzene rings is 1. The highest BCUT2D eigenvalue weighted by Gasteiger charge is 2.21. The minimum atomic E-state index is 0.0129. The number of fused-ring (bicyclic) bond motifs is 1. The second-order valence-corrected chi connectivity index (χ2v) is 9.09. The number of hydrogen-bond acceptors (Lipinski definition) is 3. The van der Waals surface area contributed by atoms with E-state index in [0.29, 0.717) is 18.2 Å². The maximum absolute atomic E-state index is 12.8. The maximum Gasteiger partial charge on any atom is 0.225 e. The predicted molar refractivity (Wildman–Crippen MR) is 118 cm³/mol. The van der Waals surface area contributed by atoms with Gasteiger partial charge in [-0.25, -0.2) is 4.98 Å². The molecular formula is C24H31N3O2. The number of methoxy groups -OCH3 is 1. The van der Waals surface area contributed by atoms with Crippen molar-refractivity contribution in [1.29, 1.82) is 0 Å². The summed E-state index contributed by atoms with van der Waals surface area (Å²) in [6, 6.07) is 11.8. The van der Waals surface area contributed by atoms with E-state index in [1.165, 1.54) is 0 Å². The van der Waals surface area contributed by atoms with E-state index in [2.05, 4.69) is 33.0 Å². The first-order valence-corrected chi connectivity index (χ1v) is 10.1. The maximum atomic E-state index is 12.8. The average molecular weight is 394 g/mol. The second-order valence-electron chi connectivity index (χ2n) is 9.09. The van der Waals surface area contributed by atoms with E-state index in [1.807, 2.05) is 53.9 Å². The number of nitrogens with one attached hydrogen (secondary N) is 1. The van der Waals surface area contributed by atoms with Crippen LogP contribution in [0.5, 0.6) is 5.75 Å². The molecule has 0 aliphatic rings. The fraction of sp³-hybridized carbons (Fsp3) is 0.417. The monoisotopic (exact) mass is 393 g/mol. The topological polar surface area (TPSA) is 55.6 Å². The van der Waals surface area contributed by atoms with Crippen LogP contribution in [-0.2, 0) is 4.79 Å². The second kappa shape index (κ2) is 8.27. The zero-order valence-electron chi connectivity index (χ0n) is 18.2. The van der Waals surface area contributed by atoms with Crippen molar-refractivity contribution in [3.8, 4) is 17.0 Å². The number of carbonyl (C=O) groups is 1. The van der Waals surface area contributed by atoms with Crippen molar-refractivity contribution in [2.24, 2.45) is 11.3 Å². The van der Waals surface area contributed by atoms with Crippen molar-refractivity contribution >= 4 is 17.4 Å². The normalized spacial score (nSPS) is 12.8. The van der Waals surface area contributed by atoms with Crippen LogP contribution in [0.1, 0.15) is 46.1 Å². The van der Waals surface area contributed by atoms with E-state index in [-0.39, 0.29) is 11.3 Å². The molecule has 0 unspecified atom stereocenters. The van der Waals surface area contributed by atoms with Crippen molar-refractivity contribution in [2.45, 2.75) is 47.5 Å². The lowest BCUT2D eigenvalue weighted by atomic mass is 9.84. The molecule has 1 atom stereocenters. The molecule has 5 heteroatoms. The number of imidazole rings is 1. The highest BCUT2D eigenvalue weighted by molar-refractivity contribution is 5.94. The molecule has 3 aromatic rings. The van der Waals surface area contributed by atoms with Gasteiger partial charge in [-0.15, -0.1) is 0 Å². The Hall–Kier alpha value is -2.82. The van der Waals surface area contributed by atoms with Crippen LogP contribution in [0.2, 0.25) is 0 Å². The quantitative estimate of drug-likeness (QED) is 0.583. The van der Waals surface area contributed by atoms with E-state index in [0.717, 1.165) is 34.6 Å². The summed E-state index contributed by atoms with van der Waals surface area (Å²) in [5.41, 5.74) is 3.84. The van der Waals surface area contributed by atoms with Crippen molar-refractivity contribution < 1.29 is 9.53 Å². The van der Waals surface area contributed by atoms with Crippen LogP contribution >= 0.6 is 0 Å². The standard InChI is InChI=1S/C24H31N3O2/c1-16-11-12-27-20(13-16)25-22(18-7-9-19(29-6)10-8-18)23(27)26-21(28)14-17(2)15-24(3,4)5/h7-13,17H,14-15H2,1-6H3,(H,26,28)/t17-/m1/s1. The molecule has 1 amide bonds.